The Bertz CT molecular complexity index is 423. The van der Waals surface area contributed by atoms with Crippen molar-refractivity contribution in [2.75, 3.05) is 13.1 Å². The number of hydrogen-bond acceptors (Lipinski definition) is 4. The number of hydrogen-bond donors (Lipinski definition) is 4. The summed E-state index contributed by atoms with van der Waals surface area (Å²) in [7, 11) is 0. The number of rotatable bonds is 3. The third-order valence-electron chi connectivity index (χ3n) is 2.74. The lowest BCUT2D eigenvalue weighted by Crippen LogP contribution is -2.43. The maximum absolute atomic E-state index is 11.8. The molecular formula is C10H14N4O3. The molecule has 17 heavy (non-hydrogen) atoms. The van der Waals surface area contributed by atoms with Gasteiger partial charge >= 0.3 is 5.97 Å². The average Bonchev–Trinajstić information content (AvgIpc) is 2.79. The number of nitrogens with zero attached hydrogens (tertiary/aromatic N) is 1. The van der Waals surface area contributed by atoms with Gasteiger partial charge in [0, 0.05) is 6.04 Å². The monoisotopic (exact) mass is 238 g/mol. The largest absolute Gasteiger partial charge is 0.477 e. The predicted molar refractivity (Wildman–Crippen MR) is 58.9 cm³/mol. The number of amides is 1. The van der Waals surface area contributed by atoms with E-state index in [-0.39, 0.29) is 17.4 Å². The molecular weight excluding hydrogens is 224 g/mol. The fraction of sp³-hybridized carbons (Fsp3) is 0.500. The molecule has 0 spiro atoms. The molecule has 7 nitrogen and oxygen atoms in total. The van der Waals surface area contributed by atoms with E-state index in [0.29, 0.717) is 0 Å². The Morgan fingerprint density at radius 2 is 2.12 bits per heavy atom. The third kappa shape index (κ3) is 2.62. The Morgan fingerprint density at radius 3 is 2.76 bits per heavy atom. The summed E-state index contributed by atoms with van der Waals surface area (Å²) in [6, 6.07) is 0.0853. The number of H-pyrrole nitrogens is 1. The van der Waals surface area contributed by atoms with Crippen LogP contribution in [-0.4, -0.2) is 46.1 Å². The highest BCUT2D eigenvalue weighted by molar-refractivity contribution is 6.02. The van der Waals surface area contributed by atoms with E-state index in [2.05, 4.69) is 20.6 Å². The van der Waals surface area contributed by atoms with Crippen molar-refractivity contribution in [1.82, 2.24) is 20.6 Å². The molecule has 92 valence electrons. The Kier molecular flexibility index (Phi) is 3.38. The zero-order valence-electron chi connectivity index (χ0n) is 9.19. The number of imidazole rings is 1. The fourth-order valence-corrected chi connectivity index (χ4v) is 1.85. The standard InChI is InChI=1S/C10H14N4O3/c15-9(14-6-1-3-11-4-2-6)7-8(10(16)17)13-5-12-7/h5-6,11H,1-4H2,(H,12,13)(H,14,15)(H,16,17). The maximum Gasteiger partial charge on any atom is 0.354 e. The van der Waals surface area contributed by atoms with Gasteiger partial charge in [0.15, 0.2) is 11.4 Å². The van der Waals surface area contributed by atoms with Crippen LogP contribution < -0.4 is 10.6 Å². The van der Waals surface area contributed by atoms with Crippen molar-refractivity contribution in [2.45, 2.75) is 18.9 Å². The molecule has 0 aliphatic carbocycles. The van der Waals surface area contributed by atoms with E-state index < -0.39 is 11.9 Å². The number of aromatic carboxylic acids is 1. The SMILES string of the molecule is O=C(NC1CCNCC1)c1nc[nH]c1C(=O)O. The molecule has 1 fully saturated rings. The first-order valence-corrected chi connectivity index (χ1v) is 5.46. The van der Waals surface area contributed by atoms with Crippen LogP contribution in [-0.2, 0) is 0 Å². The second kappa shape index (κ2) is 4.96. The second-order valence-electron chi connectivity index (χ2n) is 3.93. The lowest BCUT2D eigenvalue weighted by molar-refractivity contribution is 0.0684. The molecule has 0 aromatic carbocycles. The molecule has 0 radical (unpaired) electrons. The Morgan fingerprint density at radius 1 is 1.41 bits per heavy atom. The van der Waals surface area contributed by atoms with Gasteiger partial charge in [-0.3, -0.25) is 4.79 Å². The number of carboxylic acid groups (broad SMARTS) is 1. The Hall–Kier alpha value is -1.89. The molecule has 1 aromatic rings. The van der Waals surface area contributed by atoms with Gasteiger partial charge < -0.3 is 20.7 Å². The van der Waals surface area contributed by atoms with Crippen molar-refractivity contribution in [3.63, 3.8) is 0 Å². The summed E-state index contributed by atoms with van der Waals surface area (Å²) in [5.74, 6) is -1.62. The fourth-order valence-electron chi connectivity index (χ4n) is 1.85. The van der Waals surface area contributed by atoms with Crippen molar-refractivity contribution in [3.05, 3.63) is 17.7 Å². The van der Waals surface area contributed by atoms with E-state index in [1.54, 1.807) is 0 Å². The second-order valence-corrected chi connectivity index (χ2v) is 3.93. The third-order valence-corrected chi connectivity index (χ3v) is 2.74. The minimum absolute atomic E-state index is 0.0592. The van der Waals surface area contributed by atoms with E-state index in [9.17, 15) is 9.59 Å². The quantitative estimate of drug-likeness (QED) is 0.572. The van der Waals surface area contributed by atoms with Gasteiger partial charge in [0.2, 0.25) is 0 Å². The summed E-state index contributed by atoms with van der Waals surface area (Å²) in [6.07, 6.45) is 2.90. The zero-order valence-corrected chi connectivity index (χ0v) is 9.19. The number of nitrogens with one attached hydrogen (secondary N) is 3. The van der Waals surface area contributed by atoms with Crippen LogP contribution in [0.1, 0.15) is 33.8 Å². The molecule has 4 N–H and O–H groups in total. The van der Waals surface area contributed by atoms with Crippen LogP contribution in [0, 0.1) is 0 Å². The molecule has 1 aliphatic rings. The normalized spacial score (nSPS) is 16.7. The van der Waals surface area contributed by atoms with E-state index >= 15 is 0 Å². The average molecular weight is 238 g/mol. The number of carbonyl (C=O) groups excluding carboxylic acids is 1. The number of aromatic nitrogens is 2. The molecule has 0 atom stereocenters. The van der Waals surface area contributed by atoms with Crippen molar-refractivity contribution in [1.29, 1.82) is 0 Å². The topological polar surface area (TPSA) is 107 Å². The Labute approximate surface area is 97.6 Å². The molecule has 7 heteroatoms. The van der Waals surface area contributed by atoms with Crippen LogP contribution in [0.15, 0.2) is 6.33 Å². The van der Waals surface area contributed by atoms with Crippen LogP contribution in [0.25, 0.3) is 0 Å². The molecule has 2 rings (SSSR count). The highest BCUT2D eigenvalue weighted by Crippen LogP contribution is 2.06. The number of aromatic amines is 1. The summed E-state index contributed by atoms with van der Waals surface area (Å²) >= 11 is 0. The summed E-state index contributed by atoms with van der Waals surface area (Å²) in [5, 5.41) is 14.8. The highest BCUT2D eigenvalue weighted by atomic mass is 16.4. The van der Waals surface area contributed by atoms with Crippen molar-refractivity contribution >= 4 is 11.9 Å². The molecule has 1 saturated heterocycles. The summed E-state index contributed by atoms with van der Waals surface area (Å²) in [5.41, 5.74) is -0.229. The molecule has 0 bridgehead atoms. The van der Waals surface area contributed by atoms with Crippen LogP contribution in [0.5, 0.6) is 0 Å². The van der Waals surface area contributed by atoms with Crippen LogP contribution in [0.3, 0.4) is 0 Å². The van der Waals surface area contributed by atoms with Gasteiger partial charge in [-0.25, -0.2) is 9.78 Å². The van der Waals surface area contributed by atoms with Crippen molar-refractivity contribution in [3.8, 4) is 0 Å². The van der Waals surface area contributed by atoms with Crippen LogP contribution >= 0.6 is 0 Å². The molecule has 1 aliphatic heterocycles. The van der Waals surface area contributed by atoms with Gasteiger partial charge in [-0.2, -0.15) is 0 Å². The van der Waals surface area contributed by atoms with Gasteiger partial charge in [-0.15, -0.1) is 0 Å². The summed E-state index contributed by atoms with van der Waals surface area (Å²) < 4.78 is 0. The first-order valence-electron chi connectivity index (χ1n) is 5.46. The van der Waals surface area contributed by atoms with Crippen LogP contribution in [0.2, 0.25) is 0 Å². The first kappa shape index (κ1) is 11.6. The molecule has 1 amide bonds. The maximum atomic E-state index is 11.8. The lowest BCUT2D eigenvalue weighted by Gasteiger charge is -2.23. The predicted octanol–water partition coefficient (Wildman–Crippen LogP) is -0.410. The minimum atomic E-state index is -1.18. The van der Waals surface area contributed by atoms with Crippen molar-refractivity contribution in [2.24, 2.45) is 0 Å². The molecule has 0 unspecified atom stereocenters. The van der Waals surface area contributed by atoms with Crippen molar-refractivity contribution < 1.29 is 14.7 Å². The highest BCUT2D eigenvalue weighted by Gasteiger charge is 2.22. The van der Waals surface area contributed by atoms with E-state index in [1.807, 2.05) is 0 Å². The minimum Gasteiger partial charge on any atom is -0.477 e. The van der Waals surface area contributed by atoms with E-state index in [0.717, 1.165) is 25.9 Å². The van der Waals surface area contributed by atoms with Gasteiger partial charge in [-0.05, 0) is 25.9 Å². The van der Waals surface area contributed by atoms with Gasteiger partial charge in [0.1, 0.15) is 0 Å². The van der Waals surface area contributed by atoms with Gasteiger partial charge in [0.05, 0.1) is 6.33 Å². The van der Waals surface area contributed by atoms with Crippen LogP contribution in [0.4, 0.5) is 0 Å². The number of piperidine rings is 1. The summed E-state index contributed by atoms with van der Waals surface area (Å²) in [4.78, 5) is 28.8. The zero-order chi connectivity index (χ0) is 12.3. The van der Waals surface area contributed by atoms with E-state index in [4.69, 9.17) is 5.11 Å². The molecule has 0 saturated carbocycles. The van der Waals surface area contributed by atoms with E-state index in [1.165, 1.54) is 6.33 Å². The smallest absolute Gasteiger partial charge is 0.354 e. The van der Waals surface area contributed by atoms with Gasteiger partial charge in [-0.1, -0.05) is 0 Å². The molecule has 1 aromatic heterocycles. The molecule has 2 heterocycles. The number of carbonyl (C=O) groups is 2. The number of carboxylic acids is 1. The lowest BCUT2D eigenvalue weighted by atomic mass is 10.1. The summed E-state index contributed by atoms with van der Waals surface area (Å²) in [6.45, 7) is 1.72. The Balaban J connectivity index is 2.03. The first-order chi connectivity index (χ1) is 8.18. The van der Waals surface area contributed by atoms with Gasteiger partial charge in [0.25, 0.3) is 5.91 Å².